The summed E-state index contributed by atoms with van der Waals surface area (Å²) in [6.07, 6.45) is 2.11. The Morgan fingerprint density at radius 1 is 0.871 bits per heavy atom. The molecule has 1 aromatic rings. The fraction of sp³-hybridized carbons (Fsp3) is 0.318. The first-order chi connectivity index (χ1) is 13.8. The number of nitrogens with one attached hydrogen (secondary N) is 1. The number of hydrogen-bond acceptors (Lipinski definition) is 8. The number of carbonyl (C=O) groups is 3. The topological polar surface area (TPSA) is 143 Å². The molecule has 0 spiro atoms. The molecule has 0 amide bonds. The largest absolute Gasteiger partial charge is 2.00 e. The Hall–Kier alpha value is -2.93. The summed E-state index contributed by atoms with van der Waals surface area (Å²) in [5.41, 5.74) is 0.986. The van der Waals surface area contributed by atoms with Gasteiger partial charge in [-0.3, -0.25) is 14.4 Å². The van der Waals surface area contributed by atoms with Gasteiger partial charge >= 0.3 is 19.5 Å². The molecule has 0 saturated carbocycles. The number of benzene rings is 1. The molecule has 0 unspecified atom stereocenters. The van der Waals surface area contributed by atoms with Gasteiger partial charge in [-0.25, -0.2) is 4.99 Å². The second kappa shape index (κ2) is 17.9. The summed E-state index contributed by atoms with van der Waals surface area (Å²) in [6.45, 7) is 8.45. The SMILES string of the molecule is CC(=O)/C=C(/C)[O-].CC(=O)/C=C(/C)[O-].COc1ccc(N=C(C)C(=O)C(C)=N)cc1.[Ru+2]. The third-order valence-corrected chi connectivity index (χ3v) is 2.85. The second-order valence-corrected chi connectivity index (χ2v) is 6.08. The van der Waals surface area contributed by atoms with E-state index in [-0.39, 0.29) is 54.1 Å². The van der Waals surface area contributed by atoms with Crippen LogP contribution in [0.2, 0.25) is 0 Å². The van der Waals surface area contributed by atoms with E-state index in [1.807, 2.05) is 0 Å². The number of carbonyl (C=O) groups excluding carboxylic acids is 3. The summed E-state index contributed by atoms with van der Waals surface area (Å²) in [5.74, 6) is -0.345. The third kappa shape index (κ3) is 20.1. The van der Waals surface area contributed by atoms with E-state index >= 15 is 0 Å². The zero-order chi connectivity index (χ0) is 23.9. The molecule has 0 aromatic heterocycles. The molecule has 9 heteroatoms. The first-order valence-electron chi connectivity index (χ1n) is 8.81. The Kier molecular flexibility index (Phi) is 18.9. The molecule has 0 saturated heterocycles. The fourth-order valence-electron chi connectivity index (χ4n) is 1.75. The average molecular weight is 518 g/mol. The van der Waals surface area contributed by atoms with Gasteiger partial charge in [-0.15, -0.1) is 11.5 Å². The van der Waals surface area contributed by atoms with Gasteiger partial charge in [-0.1, -0.05) is 13.8 Å². The van der Waals surface area contributed by atoms with E-state index in [2.05, 4.69) is 4.99 Å². The van der Waals surface area contributed by atoms with Crippen molar-refractivity contribution in [3.63, 3.8) is 0 Å². The third-order valence-electron chi connectivity index (χ3n) is 2.85. The molecule has 1 rings (SSSR count). The van der Waals surface area contributed by atoms with E-state index in [0.29, 0.717) is 11.4 Å². The molecule has 0 atom stereocenters. The van der Waals surface area contributed by atoms with Crippen LogP contribution in [0.1, 0.15) is 41.5 Å². The smallest absolute Gasteiger partial charge is 0.876 e. The van der Waals surface area contributed by atoms with E-state index in [9.17, 15) is 24.6 Å². The molecule has 0 radical (unpaired) electrons. The van der Waals surface area contributed by atoms with Crippen LogP contribution in [0.5, 0.6) is 5.75 Å². The predicted octanol–water partition coefficient (Wildman–Crippen LogP) is 2.07. The Morgan fingerprint density at radius 2 is 1.26 bits per heavy atom. The second-order valence-electron chi connectivity index (χ2n) is 6.08. The van der Waals surface area contributed by atoms with Crippen LogP contribution >= 0.6 is 0 Å². The number of nitrogens with zero attached hydrogens (tertiary/aromatic N) is 1. The quantitative estimate of drug-likeness (QED) is 0.265. The molecule has 8 nitrogen and oxygen atoms in total. The van der Waals surface area contributed by atoms with Crippen LogP contribution < -0.4 is 14.9 Å². The van der Waals surface area contributed by atoms with Crippen LogP contribution in [-0.4, -0.2) is 35.9 Å². The van der Waals surface area contributed by atoms with Crippen molar-refractivity contribution in [2.24, 2.45) is 4.99 Å². The monoisotopic (exact) mass is 518 g/mol. The van der Waals surface area contributed by atoms with Gasteiger partial charge in [0.25, 0.3) is 0 Å². The van der Waals surface area contributed by atoms with Crippen LogP contribution in [0.3, 0.4) is 0 Å². The molecule has 170 valence electrons. The molecule has 0 aliphatic carbocycles. The Balaban J connectivity index is -0.000000439. The van der Waals surface area contributed by atoms with Crippen molar-refractivity contribution in [3.05, 3.63) is 47.9 Å². The predicted molar refractivity (Wildman–Crippen MR) is 113 cm³/mol. The van der Waals surface area contributed by atoms with Crippen LogP contribution in [0.15, 0.2) is 52.9 Å². The zero-order valence-electron chi connectivity index (χ0n) is 18.7. The van der Waals surface area contributed by atoms with Gasteiger partial charge < -0.3 is 20.4 Å². The van der Waals surface area contributed by atoms with Crippen LogP contribution in [-0.2, 0) is 33.9 Å². The number of ketones is 3. The molecule has 1 aromatic carbocycles. The molecular weight excluding hydrogens is 489 g/mol. The van der Waals surface area contributed by atoms with E-state index in [4.69, 9.17) is 10.1 Å². The van der Waals surface area contributed by atoms with Crippen molar-refractivity contribution >= 4 is 34.5 Å². The number of allylic oxidation sites excluding steroid dienone is 4. The van der Waals surface area contributed by atoms with Crippen molar-refractivity contribution in [2.45, 2.75) is 41.5 Å². The summed E-state index contributed by atoms with van der Waals surface area (Å²) in [6, 6.07) is 7.06. The van der Waals surface area contributed by atoms with Gasteiger partial charge in [0.15, 0.2) is 11.6 Å². The summed E-state index contributed by atoms with van der Waals surface area (Å²) >= 11 is 0. The maximum Gasteiger partial charge on any atom is 2.00 e. The summed E-state index contributed by atoms with van der Waals surface area (Å²) in [4.78, 5) is 35.5. The van der Waals surface area contributed by atoms with Crippen LogP contribution in [0.25, 0.3) is 0 Å². The van der Waals surface area contributed by atoms with Crippen molar-refractivity contribution in [2.75, 3.05) is 7.11 Å². The number of Topliss-reactive ketones (excluding diaryl/α,β-unsaturated/α-hetero) is 1. The Bertz CT molecular complexity index is 804. The minimum Gasteiger partial charge on any atom is -0.876 e. The maximum atomic E-state index is 11.4. The molecule has 0 bridgehead atoms. The van der Waals surface area contributed by atoms with Crippen molar-refractivity contribution in [1.29, 1.82) is 5.41 Å². The summed E-state index contributed by atoms with van der Waals surface area (Å²) in [7, 11) is 1.59. The van der Waals surface area contributed by atoms with E-state index in [1.54, 1.807) is 38.3 Å². The number of methoxy groups -OCH3 is 1. The molecule has 0 fully saturated rings. The molecule has 0 aliphatic heterocycles. The maximum absolute atomic E-state index is 11.4. The minimum absolute atomic E-state index is 0. The molecule has 0 aliphatic rings. The summed E-state index contributed by atoms with van der Waals surface area (Å²) in [5, 5.41) is 27.2. The van der Waals surface area contributed by atoms with E-state index < -0.39 is 0 Å². The van der Waals surface area contributed by atoms with E-state index in [0.717, 1.165) is 17.9 Å². The van der Waals surface area contributed by atoms with Gasteiger partial charge in [0.1, 0.15) is 5.75 Å². The average Bonchev–Trinajstić information content (AvgIpc) is 2.60. The van der Waals surface area contributed by atoms with Gasteiger partial charge in [0.2, 0.25) is 5.78 Å². The van der Waals surface area contributed by atoms with Gasteiger partial charge in [-0.05, 0) is 64.1 Å². The van der Waals surface area contributed by atoms with Crippen molar-refractivity contribution in [1.82, 2.24) is 0 Å². The number of rotatable bonds is 6. The Labute approximate surface area is 196 Å². The molecular formula is C22H28N2O6Ru. The standard InChI is InChI=1S/C12H14N2O2.2C5H8O2.Ru/c1-8(13)12(15)9(2)14-10-4-6-11(16-3)7-5-10;2*1-4(6)3-5(2)7;/h4-7,13H,1-3H3;2*3,6H,1-2H3;/q;;;+2/p-2/b;2*4-3-;. The van der Waals surface area contributed by atoms with E-state index in [1.165, 1.54) is 34.6 Å². The fourth-order valence-corrected chi connectivity index (χ4v) is 1.75. The number of ether oxygens (including phenoxy) is 1. The molecule has 1 N–H and O–H groups in total. The zero-order valence-corrected chi connectivity index (χ0v) is 20.5. The molecule has 0 heterocycles. The van der Waals surface area contributed by atoms with Crippen LogP contribution in [0.4, 0.5) is 5.69 Å². The first kappa shape index (κ1) is 32.7. The van der Waals surface area contributed by atoms with Crippen molar-refractivity contribution in [3.8, 4) is 5.75 Å². The number of hydrogen-bond donors (Lipinski definition) is 1. The minimum atomic E-state index is -0.337. The summed E-state index contributed by atoms with van der Waals surface area (Å²) < 4.78 is 5.01. The normalized spacial score (nSPS) is 10.9. The van der Waals surface area contributed by atoms with Gasteiger partial charge in [0.05, 0.1) is 24.2 Å². The number of aliphatic imine (C=N–C) groups is 1. The Morgan fingerprint density at radius 3 is 1.48 bits per heavy atom. The van der Waals surface area contributed by atoms with Gasteiger partial charge in [0, 0.05) is 0 Å². The van der Waals surface area contributed by atoms with Crippen LogP contribution in [0, 0.1) is 5.41 Å². The van der Waals surface area contributed by atoms with Crippen molar-refractivity contribution < 1.29 is 48.8 Å². The first-order valence-corrected chi connectivity index (χ1v) is 8.81. The molecule has 31 heavy (non-hydrogen) atoms. The van der Waals surface area contributed by atoms with Gasteiger partial charge in [-0.2, -0.15) is 0 Å².